The van der Waals surface area contributed by atoms with Crippen LogP contribution >= 0.6 is 0 Å². The van der Waals surface area contributed by atoms with Crippen LogP contribution in [0.2, 0.25) is 0 Å². The number of nitro groups is 1. The fourth-order valence-corrected chi connectivity index (χ4v) is 1.80. The summed E-state index contributed by atoms with van der Waals surface area (Å²) in [5, 5.41) is 11.7. The Labute approximate surface area is 98.8 Å². The van der Waals surface area contributed by atoms with Crippen LogP contribution in [-0.2, 0) is 11.3 Å². The van der Waals surface area contributed by atoms with E-state index in [-0.39, 0.29) is 16.7 Å². The standard InChI is InChI=1S/C12H14N2O3/c1-9(17-2)8-13-6-5-10-3-4-11(14(15)16)7-12(10)13/h3-7,9H,8H2,1-2H3. The van der Waals surface area contributed by atoms with Crippen molar-refractivity contribution in [2.45, 2.75) is 19.6 Å². The van der Waals surface area contributed by atoms with Crippen LogP contribution < -0.4 is 0 Å². The Morgan fingerprint density at radius 2 is 2.24 bits per heavy atom. The van der Waals surface area contributed by atoms with Gasteiger partial charge in [-0.25, -0.2) is 0 Å². The van der Waals surface area contributed by atoms with E-state index in [1.807, 2.05) is 23.8 Å². The number of nitrogens with zero attached hydrogens (tertiary/aromatic N) is 2. The van der Waals surface area contributed by atoms with Crippen LogP contribution in [0.15, 0.2) is 30.5 Å². The lowest BCUT2D eigenvalue weighted by atomic mass is 10.2. The largest absolute Gasteiger partial charge is 0.380 e. The Bertz CT molecular complexity index is 548. The van der Waals surface area contributed by atoms with Gasteiger partial charge in [-0.1, -0.05) is 0 Å². The first kappa shape index (κ1) is 11.6. The Hall–Kier alpha value is -1.88. The number of fused-ring (bicyclic) bond motifs is 1. The number of aromatic nitrogens is 1. The van der Waals surface area contributed by atoms with Crippen molar-refractivity contribution in [1.82, 2.24) is 4.57 Å². The monoisotopic (exact) mass is 234 g/mol. The summed E-state index contributed by atoms with van der Waals surface area (Å²) < 4.78 is 7.16. The third-order valence-electron chi connectivity index (χ3n) is 2.82. The number of methoxy groups -OCH3 is 1. The summed E-state index contributed by atoms with van der Waals surface area (Å²) >= 11 is 0. The molecule has 1 atom stereocenters. The van der Waals surface area contributed by atoms with E-state index in [4.69, 9.17) is 4.74 Å². The molecule has 0 fully saturated rings. The van der Waals surface area contributed by atoms with E-state index in [9.17, 15) is 10.1 Å². The molecule has 0 amide bonds. The molecular formula is C12H14N2O3. The third kappa shape index (κ3) is 2.29. The molecule has 5 nitrogen and oxygen atoms in total. The molecule has 0 aliphatic carbocycles. The van der Waals surface area contributed by atoms with Gasteiger partial charge >= 0.3 is 0 Å². The Balaban J connectivity index is 2.43. The van der Waals surface area contributed by atoms with E-state index in [2.05, 4.69) is 0 Å². The highest BCUT2D eigenvalue weighted by molar-refractivity contribution is 5.82. The van der Waals surface area contributed by atoms with Crippen LogP contribution in [0.4, 0.5) is 5.69 Å². The highest BCUT2D eigenvalue weighted by atomic mass is 16.6. The van der Waals surface area contributed by atoms with Crippen molar-refractivity contribution < 1.29 is 9.66 Å². The van der Waals surface area contributed by atoms with Crippen molar-refractivity contribution in [2.75, 3.05) is 7.11 Å². The molecule has 1 aromatic carbocycles. The molecule has 0 spiro atoms. The van der Waals surface area contributed by atoms with E-state index in [1.54, 1.807) is 19.2 Å². The van der Waals surface area contributed by atoms with Crippen molar-refractivity contribution in [3.8, 4) is 0 Å². The molecule has 17 heavy (non-hydrogen) atoms. The van der Waals surface area contributed by atoms with Crippen molar-refractivity contribution in [3.05, 3.63) is 40.6 Å². The van der Waals surface area contributed by atoms with E-state index >= 15 is 0 Å². The van der Waals surface area contributed by atoms with Gasteiger partial charge in [0.05, 0.1) is 16.5 Å². The van der Waals surface area contributed by atoms with Gasteiger partial charge in [0.25, 0.3) is 5.69 Å². The van der Waals surface area contributed by atoms with Crippen LogP contribution in [0.3, 0.4) is 0 Å². The molecule has 0 saturated carbocycles. The SMILES string of the molecule is COC(C)Cn1ccc2ccc([N+](=O)[O-])cc21. The molecule has 0 saturated heterocycles. The average molecular weight is 234 g/mol. The van der Waals surface area contributed by atoms with Gasteiger partial charge in [0.2, 0.25) is 0 Å². The summed E-state index contributed by atoms with van der Waals surface area (Å²) in [4.78, 5) is 10.3. The highest BCUT2D eigenvalue weighted by Crippen LogP contribution is 2.22. The molecule has 1 heterocycles. The maximum absolute atomic E-state index is 10.7. The number of non-ortho nitro benzene ring substituents is 1. The van der Waals surface area contributed by atoms with Crippen molar-refractivity contribution in [3.63, 3.8) is 0 Å². The van der Waals surface area contributed by atoms with Crippen LogP contribution in [0.25, 0.3) is 10.9 Å². The minimum absolute atomic E-state index is 0.0739. The second kappa shape index (κ2) is 4.55. The quantitative estimate of drug-likeness (QED) is 0.603. The molecule has 0 bridgehead atoms. The molecule has 90 valence electrons. The molecule has 0 aliphatic heterocycles. The van der Waals surface area contributed by atoms with Crippen LogP contribution in [0.1, 0.15) is 6.92 Å². The molecule has 5 heteroatoms. The van der Waals surface area contributed by atoms with Gasteiger partial charge in [-0.05, 0) is 19.1 Å². The van der Waals surface area contributed by atoms with Gasteiger partial charge in [-0.15, -0.1) is 0 Å². The van der Waals surface area contributed by atoms with E-state index in [1.165, 1.54) is 6.07 Å². The fourth-order valence-electron chi connectivity index (χ4n) is 1.80. The number of benzene rings is 1. The van der Waals surface area contributed by atoms with Gasteiger partial charge in [-0.3, -0.25) is 10.1 Å². The Morgan fingerprint density at radius 1 is 1.47 bits per heavy atom. The topological polar surface area (TPSA) is 57.3 Å². The maximum atomic E-state index is 10.7. The summed E-state index contributed by atoms with van der Waals surface area (Å²) in [6.45, 7) is 2.64. The summed E-state index contributed by atoms with van der Waals surface area (Å²) in [5.41, 5.74) is 0.977. The smallest absolute Gasteiger partial charge is 0.271 e. The number of ether oxygens (including phenoxy) is 1. The fraction of sp³-hybridized carbons (Fsp3) is 0.333. The first-order valence-electron chi connectivity index (χ1n) is 5.38. The predicted octanol–water partition coefficient (Wildman–Crippen LogP) is 2.58. The molecule has 2 aromatic rings. The summed E-state index contributed by atoms with van der Waals surface area (Å²) in [6.07, 6.45) is 1.99. The minimum atomic E-state index is -0.378. The first-order valence-corrected chi connectivity index (χ1v) is 5.38. The molecule has 0 aliphatic rings. The maximum Gasteiger partial charge on any atom is 0.271 e. The zero-order chi connectivity index (χ0) is 12.4. The van der Waals surface area contributed by atoms with Gasteiger partial charge in [0.15, 0.2) is 0 Å². The number of hydrogen-bond acceptors (Lipinski definition) is 3. The van der Waals surface area contributed by atoms with Crippen LogP contribution in [0, 0.1) is 10.1 Å². The van der Waals surface area contributed by atoms with E-state index < -0.39 is 0 Å². The predicted molar refractivity (Wildman–Crippen MR) is 65.1 cm³/mol. The average Bonchev–Trinajstić information content (AvgIpc) is 2.71. The summed E-state index contributed by atoms with van der Waals surface area (Å²) in [7, 11) is 1.65. The minimum Gasteiger partial charge on any atom is -0.380 e. The lowest BCUT2D eigenvalue weighted by Crippen LogP contribution is -2.13. The number of hydrogen-bond donors (Lipinski definition) is 0. The van der Waals surface area contributed by atoms with Gasteiger partial charge in [0, 0.05) is 37.4 Å². The molecule has 0 radical (unpaired) electrons. The second-order valence-corrected chi connectivity index (χ2v) is 4.01. The first-order chi connectivity index (χ1) is 8.11. The Kier molecular flexibility index (Phi) is 3.10. The van der Waals surface area contributed by atoms with Crippen LogP contribution in [0.5, 0.6) is 0 Å². The highest BCUT2D eigenvalue weighted by Gasteiger charge is 2.10. The third-order valence-corrected chi connectivity index (χ3v) is 2.82. The zero-order valence-corrected chi connectivity index (χ0v) is 9.79. The molecule has 2 rings (SSSR count). The lowest BCUT2D eigenvalue weighted by Gasteiger charge is -2.11. The number of rotatable bonds is 4. The normalized spacial score (nSPS) is 12.8. The molecule has 0 N–H and O–H groups in total. The van der Waals surface area contributed by atoms with Gasteiger partial charge < -0.3 is 9.30 Å². The van der Waals surface area contributed by atoms with Crippen LogP contribution in [-0.4, -0.2) is 22.7 Å². The zero-order valence-electron chi connectivity index (χ0n) is 9.79. The van der Waals surface area contributed by atoms with Crippen molar-refractivity contribution in [2.24, 2.45) is 0 Å². The van der Waals surface area contributed by atoms with Gasteiger partial charge in [-0.2, -0.15) is 0 Å². The summed E-state index contributed by atoms with van der Waals surface area (Å²) in [5.74, 6) is 0. The Morgan fingerprint density at radius 3 is 2.88 bits per heavy atom. The summed E-state index contributed by atoms with van der Waals surface area (Å²) in [6, 6.07) is 6.83. The van der Waals surface area contributed by atoms with E-state index in [0.717, 1.165) is 10.9 Å². The lowest BCUT2D eigenvalue weighted by molar-refractivity contribution is -0.384. The van der Waals surface area contributed by atoms with E-state index in [0.29, 0.717) is 6.54 Å². The van der Waals surface area contributed by atoms with Crippen molar-refractivity contribution in [1.29, 1.82) is 0 Å². The van der Waals surface area contributed by atoms with Crippen molar-refractivity contribution >= 4 is 16.6 Å². The second-order valence-electron chi connectivity index (χ2n) is 4.01. The molecular weight excluding hydrogens is 220 g/mol. The van der Waals surface area contributed by atoms with Gasteiger partial charge in [0.1, 0.15) is 0 Å². The number of nitro benzene ring substituents is 1. The molecule has 1 unspecified atom stereocenters. The molecule has 1 aromatic heterocycles.